The second kappa shape index (κ2) is 6.29. The molecule has 1 rings (SSSR count). The molecule has 0 aliphatic rings. The molecule has 0 aliphatic heterocycles. The Morgan fingerprint density at radius 2 is 1.87 bits per heavy atom. The van der Waals surface area contributed by atoms with Crippen molar-refractivity contribution in [2.75, 3.05) is 6.54 Å². The summed E-state index contributed by atoms with van der Waals surface area (Å²) in [5, 5.41) is 3.56. The lowest BCUT2D eigenvalue weighted by Crippen LogP contribution is -2.35. The fourth-order valence-electron chi connectivity index (χ4n) is 1.74. The molecule has 0 aliphatic carbocycles. The van der Waals surface area contributed by atoms with Gasteiger partial charge in [-0.1, -0.05) is 27.7 Å². The van der Waals surface area contributed by atoms with E-state index in [0.717, 1.165) is 13.0 Å². The zero-order valence-corrected chi connectivity index (χ0v) is 11.2. The van der Waals surface area contributed by atoms with E-state index in [1.165, 1.54) is 16.2 Å². The van der Waals surface area contributed by atoms with Crippen LogP contribution in [0.4, 0.5) is 0 Å². The number of thiophene rings is 1. The van der Waals surface area contributed by atoms with Crippen LogP contribution in [0.15, 0.2) is 12.1 Å². The van der Waals surface area contributed by atoms with Gasteiger partial charge in [-0.25, -0.2) is 0 Å². The van der Waals surface area contributed by atoms with Crippen LogP contribution in [0.3, 0.4) is 0 Å². The maximum Gasteiger partial charge on any atom is 0.0138 e. The summed E-state index contributed by atoms with van der Waals surface area (Å²) >= 11 is 1.96. The van der Waals surface area contributed by atoms with Crippen molar-refractivity contribution in [3.8, 4) is 0 Å². The van der Waals surface area contributed by atoms with Crippen molar-refractivity contribution in [2.45, 2.75) is 46.6 Å². The van der Waals surface area contributed by atoms with Gasteiger partial charge in [0.05, 0.1) is 0 Å². The second-order valence-corrected chi connectivity index (χ2v) is 5.59. The number of rotatable bonds is 6. The van der Waals surface area contributed by atoms with E-state index in [0.29, 0.717) is 12.0 Å². The standard InChI is InChI=1S/C13H23NS/c1-5-11-7-8-12(15-11)9-13(10(3)4)14-6-2/h7-8,10,13-14H,5-6,9H2,1-4H3. The van der Waals surface area contributed by atoms with Crippen molar-refractivity contribution in [3.05, 3.63) is 21.9 Å². The number of nitrogens with one attached hydrogen (secondary N) is 1. The van der Waals surface area contributed by atoms with Gasteiger partial charge >= 0.3 is 0 Å². The third-order valence-corrected chi connectivity index (χ3v) is 4.01. The molecule has 1 heterocycles. The van der Waals surface area contributed by atoms with Crippen molar-refractivity contribution in [3.63, 3.8) is 0 Å². The average molecular weight is 225 g/mol. The molecule has 0 saturated carbocycles. The van der Waals surface area contributed by atoms with E-state index in [-0.39, 0.29) is 0 Å². The molecule has 0 bridgehead atoms. The lowest BCUT2D eigenvalue weighted by molar-refractivity contribution is 0.407. The van der Waals surface area contributed by atoms with Crippen LogP contribution >= 0.6 is 11.3 Å². The highest BCUT2D eigenvalue weighted by Gasteiger charge is 2.13. The van der Waals surface area contributed by atoms with E-state index in [9.17, 15) is 0 Å². The van der Waals surface area contributed by atoms with Gasteiger partial charge in [0.15, 0.2) is 0 Å². The van der Waals surface area contributed by atoms with Crippen molar-refractivity contribution >= 4 is 11.3 Å². The first-order valence-electron chi connectivity index (χ1n) is 5.98. The fourth-order valence-corrected chi connectivity index (χ4v) is 2.76. The van der Waals surface area contributed by atoms with E-state index < -0.39 is 0 Å². The summed E-state index contributed by atoms with van der Waals surface area (Å²) < 4.78 is 0. The zero-order chi connectivity index (χ0) is 11.3. The van der Waals surface area contributed by atoms with Gasteiger partial charge in [-0.3, -0.25) is 0 Å². The molecule has 1 atom stereocenters. The molecule has 1 aromatic heterocycles. The number of hydrogen-bond donors (Lipinski definition) is 1. The van der Waals surface area contributed by atoms with Crippen LogP contribution in [0.25, 0.3) is 0 Å². The van der Waals surface area contributed by atoms with Gasteiger partial charge in [-0.2, -0.15) is 0 Å². The van der Waals surface area contributed by atoms with Gasteiger partial charge in [-0.05, 0) is 37.4 Å². The summed E-state index contributed by atoms with van der Waals surface area (Å²) in [5.41, 5.74) is 0. The topological polar surface area (TPSA) is 12.0 Å². The minimum atomic E-state index is 0.623. The van der Waals surface area contributed by atoms with Crippen LogP contribution in [0.5, 0.6) is 0 Å². The molecule has 1 unspecified atom stereocenters. The molecule has 0 aromatic carbocycles. The molecule has 2 heteroatoms. The molecule has 0 spiro atoms. The highest BCUT2D eigenvalue weighted by Crippen LogP contribution is 2.20. The van der Waals surface area contributed by atoms with Crippen LogP contribution in [-0.4, -0.2) is 12.6 Å². The smallest absolute Gasteiger partial charge is 0.0138 e. The monoisotopic (exact) mass is 225 g/mol. The average Bonchev–Trinajstić information content (AvgIpc) is 2.65. The normalized spacial score (nSPS) is 13.4. The fraction of sp³-hybridized carbons (Fsp3) is 0.692. The highest BCUT2D eigenvalue weighted by atomic mass is 32.1. The lowest BCUT2D eigenvalue weighted by atomic mass is 10.0. The van der Waals surface area contributed by atoms with Gasteiger partial charge < -0.3 is 5.32 Å². The van der Waals surface area contributed by atoms with Crippen LogP contribution in [-0.2, 0) is 12.8 Å². The molecule has 0 fully saturated rings. The zero-order valence-electron chi connectivity index (χ0n) is 10.3. The summed E-state index contributed by atoms with van der Waals surface area (Å²) in [6, 6.07) is 5.18. The van der Waals surface area contributed by atoms with Crippen LogP contribution in [0.2, 0.25) is 0 Å². The number of aryl methyl sites for hydroxylation is 1. The molecular weight excluding hydrogens is 202 g/mol. The number of hydrogen-bond acceptors (Lipinski definition) is 2. The van der Waals surface area contributed by atoms with Gasteiger partial charge in [0.1, 0.15) is 0 Å². The van der Waals surface area contributed by atoms with E-state index in [1.54, 1.807) is 0 Å². The van der Waals surface area contributed by atoms with E-state index in [1.807, 2.05) is 11.3 Å². The molecule has 1 N–H and O–H groups in total. The van der Waals surface area contributed by atoms with E-state index >= 15 is 0 Å². The van der Waals surface area contributed by atoms with Crippen molar-refractivity contribution in [2.24, 2.45) is 5.92 Å². The largest absolute Gasteiger partial charge is 0.314 e. The highest BCUT2D eigenvalue weighted by molar-refractivity contribution is 7.11. The molecule has 15 heavy (non-hydrogen) atoms. The summed E-state index contributed by atoms with van der Waals surface area (Å²) in [7, 11) is 0. The maximum atomic E-state index is 3.56. The predicted molar refractivity (Wildman–Crippen MR) is 69.7 cm³/mol. The quantitative estimate of drug-likeness (QED) is 0.781. The molecule has 0 saturated heterocycles. The molecule has 1 aromatic rings. The Balaban J connectivity index is 2.57. The first-order chi connectivity index (χ1) is 7.17. The Morgan fingerprint density at radius 1 is 1.20 bits per heavy atom. The minimum Gasteiger partial charge on any atom is -0.314 e. The third-order valence-electron chi connectivity index (χ3n) is 2.76. The molecule has 1 nitrogen and oxygen atoms in total. The predicted octanol–water partition coefficient (Wildman–Crippen LogP) is 3.49. The minimum absolute atomic E-state index is 0.623. The summed E-state index contributed by atoms with van der Waals surface area (Å²) in [6.45, 7) is 10.1. The Morgan fingerprint density at radius 3 is 2.33 bits per heavy atom. The van der Waals surface area contributed by atoms with Gasteiger partial charge in [0.2, 0.25) is 0 Å². The number of likely N-dealkylation sites (N-methyl/N-ethyl adjacent to an activating group) is 1. The van der Waals surface area contributed by atoms with Crippen LogP contribution in [0, 0.1) is 5.92 Å². The Hall–Kier alpha value is -0.340. The SMILES string of the molecule is CCNC(Cc1ccc(CC)s1)C(C)C. The van der Waals surface area contributed by atoms with Crippen LogP contribution < -0.4 is 5.32 Å². The van der Waals surface area contributed by atoms with Crippen molar-refractivity contribution in [1.29, 1.82) is 0 Å². The lowest BCUT2D eigenvalue weighted by Gasteiger charge is -2.20. The second-order valence-electron chi connectivity index (χ2n) is 4.33. The Kier molecular flexibility index (Phi) is 5.34. The van der Waals surface area contributed by atoms with Crippen LogP contribution in [0.1, 0.15) is 37.4 Å². The molecule has 0 amide bonds. The van der Waals surface area contributed by atoms with Crippen molar-refractivity contribution < 1.29 is 0 Å². The Labute approximate surface area is 97.9 Å². The van der Waals surface area contributed by atoms with Gasteiger partial charge in [0.25, 0.3) is 0 Å². The van der Waals surface area contributed by atoms with Crippen molar-refractivity contribution in [1.82, 2.24) is 5.32 Å². The summed E-state index contributed by atoms with van der Waals surface area (Å²) in [4.78, 5) is 3.02. The summed E-state index contributed by atoms with van der Waals surface area (Å²) in [6.07, 6.45) is 2.34. The molecular formula is C13H23NS. The Bertz CT molecular complexity index is 278. The first-order valence-corrected chi connectivity index (χ1v) is 6.80. The van der Waals surface area contributed by atoms with E-state index in [4.69, 9.17) is 0 Å². The first kappa shape index (κ1) is 12.7. The third kappa shape index (κ3) is 3.96. The van der Waals surface area contributed by atoms with Gasteiger partial charge in [0, 0.05) is 15.8 Å². The van der Waals surface area contributed by atoms with Gasteiger partial charge in [-0.15, -0.1) is 11.3 Å². The summed E-state index contributed by atoms with van der Waals surface area (Å²) in [5.74, 6) is 0.706. The maximum absolute atomic E-state index is 3.56. The molecule has 0 radical (unpaired) electrons. The van der Waals surface area contributed by atoms with E-state index in [2.05, 4.69) is 45.1 Å². The molecule has 86 valence electrons.